The number of hydrogen-bond donors (Lipinski definition) is 3. The highest BCUT2D eigenvalue weighted by molar-refractivity contribution is 5.85. The molecule has 3 N–H and O–H groups in total. The van der Waals surface area contributed by atoms with E-state index in [0.717, 1.165) is 51.4 Å². The summed E-state index contributed by atoms with van der Waals surface area (Å²) < 4.78 is 0. The average Bonchev–Trinajstić information content (AvgIpc) is 2.66. The van der Waals surface area contributed by atoms with Gasteiger partial charge in [-0.3, -0.25) is 14.4 Å². The Morgan fingerprint density at radius 2 is 1.39 bits per heavy atom. The Hall–Kier alpha value is -1.59. The maximum Gasteiger partial charge on any atom is 0.239 e. The van der Waals surface area contributed by atoms with Crippen LogP contribution in [0.2, 0.25) is 0 Å². The van der Waals surface area contributed by atoms with Crippen LogP contribution in [0, 0.1) is 11.8 Å². The molecule has 6 nitrogen and oxygen atoms in total. The van der Waals surface area contributed by atoms with Gasteiger partial charge in [0.25, 0.3) is 0 Å². The molecule has 0 spiro atoms. The number of nitrogens with one attached hydrogen (secondary N) is 3. The number of carbonyl (C=O) groups is 3. The standard InChI is InChI=1S/C22H41N3O3/c1-5-17(6-2)22(28)23-15-21(27)25-19-13-11-18(12-14-19)24-20(26)10-8-7-9-16(3)4/h16-19H,5-15H2,1-4H3,(H,23,28)(H,24,26)(H,25,27). The van der Waals surface area contributed by atoms with Crippen molar-refractivity contribution in [2.45, 2.75) is 104 Å². The average molecular weight is 396 g/mol. The predicted octanol–water partition coefficient (Wildman–Crippen LogP) is 3.30. The molecule has 1 aliphatic carbocycles. The zero-order valence-corrected chi connectivity index (χ0v) is 18.3. The lowest BCUT2D eigenvalue weighted by Gasteiger charge is -2.29. The molecule has 1 saturated carbocycles. The fourth-order valence-corrected chi connectivity index (χ4v) is 3.77. The van der Waals surface area contributed by atoms with E-state index in [1.807, 2.05) is 13.8 Å². The van der Waals surface area contributed by atoms with Crippen molar-refractivity contribution in [2.75, 3.05) is 6.54 Å². The first-order valence-electron chi connectivity index (χ1n) is 11.2. The first-order chi connectivity index (χ1) is 13.3. The molecule has 3 amide bonds. The monoisotopic (exact) mass is 395 g/mol. The topological polar surface area (TPSA) is 87.3 Å². The van der Waals surface area contributed by atoms with Gasteiger partial charge in [0.2, 0.25) is 17.7 Å². The Morgan fingerprint density at radius 3 is 1.89 bits per heavy atom. The highest BCUT2D eigenvalue weighted by Crippen LogP contribution is 2.19. The molecule has 1 aliphatic rings. The summed E-state index contributed by atoms with van der Waals surface area (Å²) in [5.74, 6) is 0.663. The van der Waals surface area contributed by atoms with Crippen LogP contribution in [0.5, 0.6) is 0 Å². The summed E-state index contributed by atoms with van der Waals surface area (Å²) in [5, 5.41) is 8.88. The first kappa shape index (κ1) is 24.4. The number of hydrogen-bond acceptors (Lipinski definition) is 3. The molecule has 0 radical (unpaired) electrons. The molecule has 0 aliphatic heterocycles. The van der Waals surface area contributed by atoms with Crippen molar-refractivity contribution >= 4 is 17.7 Å². The minimum Gasteiger partial charge on any atom is -0.353 e. The fourth-order valence-electron chi connectivity index (χ4n) is 3.77. The molecule has 1 rings (SSSR count). The van der Waals surface area contributed by atoms with E-state index in [1.54, 1.807) is 0 Å². The second-order valence-corrected chi connectivity index (χ2v) is 8.55. The van der Waals surface area contributed by atoms with Crippen molar-refractivity contribution < 1.29 is 14.4 Å². The molecule has 0 heterocycles. The molecular weight excluding hydrogens is 354 g/mol. The van der Waals surface area contributed by atoms with Crippen molar-refractivity contribution in [1.82, 2.24) is 16.0 Å². The maximum absolute atomic E-state index is 12.1. The Morgan fingerprint density at radius 1 is 0.857 bits per heavy atom. The molecule has 0 aromatic heterocycles. The molecular formula is C22H41N3O3. The van der Waals surface area contributed by atoms with Gasteiger partial charge in [-0.1, -0.05) is 40.5 Å². The molecule has 162 valence electrons. The van der Waals surface area contributed by atoms with Gasteiger partial charge >= 0.3 is 0 Å². The van der Waals surface area contributed by atoms with Gasteiger partial charge in [-0.15, -0.1) is 0 Å². The van der Waals surface area contributed by atoms with Gasteiger partial charge in [0, 0.05) is 24.4 Å². The van der Waals surface area contributed by atoms with E-state index in [0.29, 0.717) is 12.3 Å². The molecule has 0 aromatic carbocycles. The van der Waals surface area contributed by atoms with Crippen molar-refractivity contribution in [3.63, 3.8) is 0 Å². The molecule has 6 heteroatoms. The van der Waals surface area contributed by atoms with Crippen LogP contribution in [0.1, 0.15) is 91.9 Å². The minimum absolute atomic E-state index is 0.0165. The number of amides is 3. The molecule has 28 heavy (non-hydrogen) atoms. The Balaban J connectivity index is 2.17. The lowest BCUT2D eigenvalue weighted by Crippen LogP contribution is -2.46. The van der Waals surface area contributed by atoms with E-state index < -0.39 is 0 Å². The van der Waals surface area contributed by atoms with Crippen molar-refractivity contribution in [3.8, 4) is 0 Å². The highest BCUT2D eigenvalue weighted by Gasteiger charge is 2.23. The van der Waals surface area contributed by atoms with Crippen LogP contribution in [0.3, 0.4) is 0 Å². The van der Waals surface area contributed by atoms with Crippen LogP contribution in [-0.2, 0) is 14.4 Å². The van der Waals surface area contributed by atoms with E-state index >= 15 is 0 Å². The minimum atomic E-state index is -0.128. The van der Waals surface area contributed by atoms with Crippen LogP contribution in [0.4, 0.5) is 0 Å². The molecule has 1 fully saturated rings. The lowest BCUT2D eigenvalue weighted by molar-refractivity contribution is -0.129. The third-order valence-corrected chi connectivity index (χ3v) is 5.67. The van der Waals surface area contributed by atoms with Crippen molar-refractivity contribution in [1.29, 1.82) is 0 Å². The summed E-state index contributed by atoms with van der Waals surface area (Å²) in [4.78, 5) is 36.1. The van der Waals surface area contributed by atoms with Gasteiger partial charge in [0.05, 0.1) is 6.54 Å². The van der Waals surface area contributed by atoms with Crippen LogP contribution >= 0.6 is 0 Å². The smallest absolute Gasteiger partial charge is 0.239 e. The second kappa shape index (κ2) is 13.6. The molecule has 0 unspecified atom stereocenters. The number of rotatable bonds is 12. The van der Waals surface area contributed by atoms with Crippen molar-refractivity contribution in [2.24, 2.45) is 11.8 Å². The van der Waals surface area contributed by atoms with Crippen LogP contribution in [0.15, 0.2) is 0 Å². The molecule has 0 aromatic rings. The Kier molecular flexibility index (Phi) is 11.8. The Bertz CT molecular complexity index is 481. The SMILES string of the molecule is CCC(CC)C(=O)NCC(=O)NC1CCC(NC(=O)CCCCC(C)C)CC1. The van der Waals surface area contributed by atoms with E-state index in [1.165, 1.54) is 6.42 Å². The van der Waals surface area contributed by atoms with Gasteiger partial charge in [-0.2, -0.15) is 0 Å². The summed E-state index contributed by atoms with van der Waals surface area (Å²) in [6.07, 6.45) is 8.95. The highest BCUT2D eigenvalue weighted by atomic mass is 16.2. The third kappa shape index (κ3) is 10.1. The van der Waals surface area contributed by atoms with Gasteiger partial charge in [0.15, 0.2) is 0 Å². The Labute approximate surface area is 171 Å². The molecule has 0 atom stereocenters. The van der Waals surface area contributed by atoms with Gasteiger partial charge in [0.1, 0.15) is 0 Å². The first-order valence-corrected chi connectivity index (χ1v) is 11.2. The quantitative estimate of drug-likeness (QED) is 0.443. The van der Waals surface area contributed by atoms with Crippen LogP contribution in [-0.4, -0.2) is 36.3 Å². The number of unbranched alkanes of at least 4 members (excludes halogenated alkanes) is 1. The van der Waals surface area contributed by atoms with E-state index in [2.05, 4.69) is 29.8 Å². The fraction of sp³-hybridized carbons (Fsp3) is 0.864. The maximum atomic E-state index is 12.1. The molecule has 0 saturated heterocycles. The van der Waals surface area contributed by atoms with Gasteiger partial charge in [-0.05, 0) is 50.9 Å². The van der Waals surface area contributed by atoms with Crippen LogP contribution < -0.4 is 16.0 Å². The van der Waals surface area contributed by atoms with E-state index in [4.69, 9.17) is 0 Å². The number of carbonyl (C=O) groups excluding carboxylic acids is 3. The zero-order chi connectivity index (χ0) is 20.9. The lowest BCUT2D eigenvalue weighted by atomic mass is 9.91. The molecule has 0 bridgehead atoms. The van der Waals surface area contributed by atoms with Gasteiger partial charge < -0.3 is 16.0 Å². The zero-order valence-electron chi connectivity index (χ0n) is 18.3. The van der Waals surface area contributed by atoms with E-state index in [-0.39, 0.29) is 42.3 Å². The summed E-state index contributed by atoms with van der Waals surface area (Å²) in [6.45, 7) is 8.42. The largest absolute Gasteiger partial charge is 0.353 e. The summed E-state index contributed by atoms with van der Waals surface area (Å²) in [7, 11) is 0. The normalized spacial score (nSPS) is 19.5. The summed E-state index contributed by atoms with van der Waals surface area (Å²) in [6, 6.07) is 0.358. The predicted molar refractivity (Wildman–Crippen MR) is 113 cm³/mol. The summed E-state index contributed by atoms with van der Waals surface area (Å²) >= 11 is 0. The van der Waals surface area contributed by atoms with Gasteiger partial charge in [-0.25, -0.2) is 0 Å². The van der Waals surface area contributed by atoms with E-state index in [9.17, 15) is 14.4 Å². The summed E-state index contributed by atoms with van der Waals surface area (Å²) in [5.41, 5.74) is 0. The van der Waals surface area contributed by atoms with Crippen LogP contribution in [0.25, 0.3) is 0 Å². The second-order valence-electron chi connectivity index (χ2n) is 8.55. The van der Waals surface area contributed by atoms with Crippen molar-refractivity contribution in [3.05, 3.63) is 0 Å². The third-order valence-electron chi connectivity index (χ3n) is 5.67.